The van der Waals surface area contributed by atoms with Crippen molar-refractivity contribution in [2.24, 2.45) is 11.3 Å². The zero-order valence-corrected chi connectivity index (χ0v) is 7.62. The molecule has 0 bridgehead atoms. The molecule has 13 heavy (non-hydrogen) atoms. The lowest BCUT2D eigenvalue weighted by atomic mass is 9.78. The van der Waals surface area contributed by atoms with Crippen molar-refractivity contribution in [2.75, 3.05) is 0 Å². The van der Waals surface area contributed by atoms with Crippen LogP contribution in [-0.4, -0.2) is 22.2 Å². The van der Waals surface area contributed by atoms with Gasteiger partial charge in [-0.1, -0.05) is 13.3 Å². The molecule has 1 aliphatic carbocycles. The van der Waals surface area contributed by atoms with Gasteiger partial charge in [-0.05, 0) is 25.2 Å². The van der Waals surface area contributed by atoms with Gasteiger partial charge in [-0.25, -0.2) is 0 Å². The molecule has 1 saturated carbocycles. The lowest BCUT2D eigenvalue weighted by Gasteiger charge is -2.23. The summed E-state index contributed by atoms with van der Waals surface area (Å²) in [5, 5.41) is 17.9. The van der Waals surface area contributed by atoms with Crippen molar-refractivity contribution in [1.82, 2.24) is 0 Å². The first-order valence-corrected chi connectivity index (χ1v) is 4.52. The zero-order valence-electron chi connectivity index (χ0n) is 7.62. The van der Waals surface area contributed by atoms with Crippen LogP contribution in [0.15, 0.2) is 0 Å². The van der Waals surface area contributed by atoms with Gasteiger partial charge in [-0.3, -0.25) is 9.59 Å². The van der Waals surface area contributed by atoms with Gasteiger partial charge in [0.1, 0.15) is 0 Å². The third-order valence-corrected chi connectivity index (χ3v) is 2.68. The summed E-state index contributed by atoms with van der Waals surface area (Å²) >= 11 is 0. The Balaban J connectivity index is 2.92. The Kier molecular flexibility index (Phi) is 2.59. The van der Waals surface area contributed by atoms with E-state index in [1.54, 1.807) is 0 Å². The van der Waals surface area contributed by atoms with E-state index in [1.807, 2.05) is 6.92 Å². The first-order valence-electron chi connectivity index (χ1n) is 4.52. The highest BCUT2D eigenvalue weighted by atomic mass is 16.4. The van der Waals surface area contributed by atoms with Crippen molar-refractivity contribution in [3.8, 4) is 0 Å². The molecular weight excluding hydrogens is 172 g/mol. The Labute approximate surface area is 76.6 Å². The molecule has 1 aliphatic rings. The summed E-state index contributed by atoms with van der Waals surface area (Å²) in [7, 11) is 0. The molecule has 74 valence electrons. The van der Waals surface area contributed by atoms with Gasteiger partial charge >= 0.3 is 11.9 Å². The van der Waals surface area contributed by atoms with Crippen LogP contribution in [0.4, 0.5) is 0 Å². The van der Waals surface area contributed by atoms with Crippen molar-refractivity contribution < 1.29 is 19.8 Å². The summed E-state index contributed by atoms with van der Waals surface area (Å²) in [4.78, 5) is 21.9. The number of rotatable bonds is 5. The van der Waals surface area contributed by atoms with Gasteiger partial charge in [-0.2, -0.15) is 0 Å². The quantitative estimate of drug-likeness (QED) is 0.635. The lowest BCUT2D eigenvalue weighted by Crippen LogP contribution is -2.41. The molecule has 0 aromatic heterocycles. The number of carboxylic acid groups (broad SMARTS) is 2. The molecular formula is C9H14O4. The Bertz CT molecular complexity index is 216. The van der Waals surface area contributed by atoms with Crippen molar-refractivity contribution in [1.29, 1.82) is 0 Å². The molecule has 0 unspecified atom stereocenters. The normalized spacial score (nSPS) is 17.0. The number of hydrogen-bond donors (Lipinski definition) is 2. The van der Waals surface area contributed by atoms with Crippen LogP contribution in [0.25, 0.3) is 0 Å². The van der Waals surface area contributed by atoms with Crippen LogP contribution < -0.4 is 0 Å². The Morgan fingerprint density at radius 3 is 2.00 bits per heavy atom. The van der Waals surface area contributed by atoms with E-state index in [4.69, 9.17) is 10.2 Å². The predicted octanol–water partition coefficient (Wildman–Crippen LogP) is 1.35. The smallest absolute Gasteiger partial charge is 0.321 e. The van der Waals surface area contributed by atoms with Gasteiger partial charge in [0, 0.05) is 0 Å². The highest BCUT2D eigenvalue weighted by molar-refractivity contribution is 5.99. The van der Waals surface area contributed by atoms with Crippen LogP contribution in [0.2, 0.25) is 0 Å². The maximum Gasteiger partial charge on any atom is 0.321 e. The third kappa shape index (κ3) is 1.53. The van der Waals surface area contributed by atoms with Crippen molar-refractivity contribution in [3.05, 3.63) is 0 Å². The Morgan fingerprint density at radius 1 is 1.31 bits per heavy atom. The molecule has 4 heteroatoms. The molecule has 0 spiro atoms. The minimum Gasteiger partial charge on any atom is -0.480 e. The van der Waals surface area contributed by atoms with Crippen LogP contribution in [0, 0.1) is 11.3 Å². The molecule has 0 aromatic carbocycles. The van der Waals surface area contributed by atoms with Crippen molar-refractivity contribution in [3.63, 3.8) is 0 Å². The molecule has 0 saturated heterocycles. The summed E-state index contributed by atoms with van der Waals surface area (Å²) in [5.41, 5.74) is -1.51. The van der Waals surface area contributed by atoms with Crippen LogP contribution >= 0.6 is 0 Å². The summed E-state index contributed by atoms with van der Waals surface area (Å²) < 4.78 is 0. The summed E-state index contributed by atoms with van der Waals surface area (Å²) in [5.74, 6) is -2.50. The van der Waals surface area contributed by atoms with Gasteiger partial charge in [0.25, 0.3) is 0 Å². The number of carboxylic acids is 2. The second kappa shape index (κ2) is 3.36. The topological polar surface area (TPSA) is 74.6 Å². The van der Waals surface area contributed by atoms with Crippen LogP contribution in [0.5, 0.6) is 0 Å². The Hall–Kier alpha value is -1.06. The first-order chi connectivity index (χ1) is 6.05. The molecule has 0 aliphatic heterocycles. The van der Waals surface area contributed by atoms with E-state index in [-0.39, 0.29) is 12.3 Å². The second-order valence-electron chi connectivity index (χ2n) is 3.61. The average molecular weight is 186 g/mol. The van der Waals surface area contributed by atoms with Gasteiger partial charge in [0.2, 0.25) is 0 Å². The average Bonchev–Trinajstić information content (AvgIpc) is 2.81. The monoisotopic (exact) mass is 186 g/mol. The SMILES string of the molecule is CCCC(C(=O)O)(C(=O)O)C1CC1. The van der Waals surface area contributed by atoms with E-state index in [1.165, 1.54) is 0 Å². The van der Waals surface area contributed by atoms with Crippen molar-refractivity contribution >= 4 is 11.9 Å². The maximum absolute atomic E-state index is 11.0. The molecule has 1 fully saturated rings. The molecule has 0 radical (unpaired) electrons. The highest BCUT2D eigenvalue weighted by Gasteiger charge is 2.56. The highest BCUT2D eigenvalue weighted by Crippen LogP contribution is 2.48. The van der Waals surface area contributed by atoms with E-state index in [2.05, 4.69) is 0 Å². The minimum atomic E-state index is -1.51. The molecule has 2 N–H and O–H groups in total. The first kappa shape index (κ1) is 10.0. The largest absolute Gasteiger partial charge is 0.480 e. The molecule has 0 aromatic rings. The standard InChI is InChI=1S/C9H14O4/c1-2-5-9(7(10)11,8(12)13)6-3-4-6/h6H,2-5H2,1H3,(H,10,11)(H,12,13). The minimum absolute atomic E-state index is 0.151. The molecule has 0 atom stereocenters. The molecule has 1 rings (SSSR count). The molecule has 0 amide bonds. The maximum atomic E-state index is 11.0. The predicted molar refractivity (Wildman–Crippen MR) is 45.3 cm³/mol. The lowest BCUT2D eigenvalue weighted by molar-refractivity contribution is -0.167. The van der Waals surface area contributed by atoms with E-state index in [0.717, 1.165) is 12.8 Å². The van der Waals surface area contributed by atoms with Crippen LogP contribution in [-0.2, 0) is 9.59 Å². The molecule has 4 nitrogen and oxygen atoms in total. The van der Waals surface area contributed by atoms with Gasteiger partial charge in [0.05, 0.1) is 0 Å². The number of hydrogen-bond acceptors (Lipinski definition) is 2. The van der Waals surface area contributed by atoms with Crippen LogP contribution in [0.3, 0.4) is 0 Å². The van der Waals surface area contributed by atoms with Gasteiger partial charge < -0.3 is 10.2 Å². The van der Waals surface area contributed by atoms with Crippen LogP contribution in [0.1, 0.15) is 32.6 Å². The number of aliphatic carboxylic acids is 2. The number of carbonyl (C=O) groups is 2. The fourth-order valence-corrected chi connectivity index (χ4v) is 1.83. The van der Waals surface area contributed by atoms with E-state index >= 15 is 0 Å². The van der Waals surface area contributed by atoms with Gasteiger partial charge in [0.15, 0.2) is 5.41 Å². The zero-order chi connectivity index (χ0) is 10.1. The van der Waals surface area contributed by atoms with E-state index < -0.39 is 17.4 Å². The molecule has 0 heterocycles. The Morgan fingerprint density at radius 2 is 1.77 bits per heavy atom. The van der Waals surface area contributed by atoms with Crippen molar-refractivity contribution in [2.45, 2.75) is 32.6 Å². The summed E-state index contributed by atoms with van der Waals surface area (Å²) in [6, 6.07) is 0. The fraction of sp³-hybridized carbons (Fsp3) is 0.778. The summed E-state index contributed by atoms with van der Waals surface area (Å²) in [6.45, 7) is 1.81. The summed E-state index contributed by atoms with van der Waals surface area (Å²) in [6.07, 6.45) is 2.30. The fourth-order valence-electron chi connectivity index (χ4n) is 1.83. The van der Waals surface area contributed by atoms with E-state index in [0.29, 0.717) is 6.42 Å². The second-order valence-corrected chi connectivity index (χ2v) is 3.61. The van der Waals surface area contributed by atoms with E-state index in [9.17, 15) is 9.59 Å². The van der Waals surface area contributed by atoms with Gasteiger partial charge in [-0.15, -0.1) is 0 Å². The third-order valence-electron chi connectivity index (χ3n) is 2.68.